The average molecular weight is 230 g/mol. The minimum atomic E-state index is -0.225. The van der Waals surface area contributed by atoms with Gasteiger partial charge in [0.15, 0.2) is 5.78 Å². The van der Waals surface area contributed by atoms with Gasteiger partial charge in [0.05, 0.1) is 0 Å². The second-order valence-electron chi connectivity index (χ2n) is 3.97. The molecule has 0 unspecified atom stereocenters. The first-order valence-electron chi connectivity index (χ1n) is 5.51. The van der Waals surface area contributed by atoms with Crippen LogP contribution in [-0.2, 0) is 4.79 Å². The number of piperazine rings is 1. The summed E-state index contributed by atoms with van der Waals surface area (Å²) in [5.74, 6) is -0.388. The molecule has 1 aromatic carbocycles. The standard InChI is InChI=1S/C13H14N2O2/c1-9-2-4-10(5-3-9)12(16)8-11-13(17)15-7-6-14-11/h2-5,8,14H,6-7H2,1H3,(H,15,17). The molecule has 1 amide bonds. The van der Waals surface area contributed by atoms with Crippen molar-refractivity contribution in [1.82, 2.24) is 10.6 Å². The van der Waals surface area contributed by atoms with Gasteiger partial charge in [-0.3, -0.25) is 9.59 Å². The van der Waals surface area contributed by atoms with Crippen molar-refractivity contribution in [2.75, 3.05) is 13.1 Å². The quantitative estimate of drug-likeness (QED) is 0.583. The summed E-state index contributed by atoms with van der Waals surface area (Å²) >= 11 is 0. The van der Waals surface area contributed by atoms with Gasteiger partial charge in [-0.25, -0.2) is 0 Å². The van der Waals surface area contributed by atoms with E-state index in [-0.39, 0.29) is 11.7 Å². The summed E-state index contributed by atoms with van der Waals surface area (Å²) in [6.45, 7) is 3.20. The molecule has 0 atom stereocenters. The lowest BCUT2D eigenvalue weighted by atomic mass is 10.1. The maximum atomic E-state index is 11.9. The second kappa shape index (κ2) is 4.82. The topological polar surface area (TPSA) is 58.2 Å². The zero-order valence-electron chi connectivity index (χ0n) is 9.62. The first-order valence-corrected chi connectivity index (χ1v) is 5.51. The fraction of sp³-hybridized carbons (Fsp3) is 0.231. The third-order valence-electron chi connectivity index (χ3n) is 2.58. The molecule has 4 heteroatoms. The molecule has 1 fully saturated rings. The van der Waals surface area contributed by atoms with Gasteiger partial charge in [-0.15, -0.1) is 0 Å². The van der Waals surface area contributed by atoms with Crippen molar-refractivity contribution in [3.05, 3.63) is 47.2 Å². The van der Waals surface area contributed by atoms with Gasteiger partial charge in [0.25, 0.3) is 5.91 Å². The average Bonchev–Trinajstić information content (AvgIpc) is 2.33. The molecular formula is C13H14N2O2. The summed E-state index contributed by atoms with van der Waals surface area (Å²) in [7, 11) is 0. The number of allylic oxidation sites excluding steroid dienone is 1. The van der Waals surface area contributed by atoms with E-state index in [1.165, 1.54) is 6.08 Å². The molecule has 0 radical (unpaired) electrons. The molecule has 0 aromatic heterocycles. The number of carbonyl (C=O) groups excluding carboxylic acids is 2. The van der Waals surface area contributed by atoms with E-state index in [1.54, 1.807) is 12.1 Å². The Hall–Kier alpha value is -2.10. The van der Waals surface area contributed by atoms with Crippen LogP contribution < -0.4 is 10.6 Å². The molecule has 0 bridgehead atoms. The van der Waals surface area contributed by atoms with Crippen molar-refractivity contribution < 1.29 is 9.59 Å². The minimum absolute atomic E-state index is 0.162. The van der Waals surface area contributed by atoms with Crippen LogP contribution in [0.25, 0.3) is 0 Å². The lowest BCUT2D eigenvalue weighted by molar-refractivity contribution is -0.118. The van der Waals surface area contributed by atoms with Crippen LogP contribution in [0.5, 0.6) is 0 Å². The van der Waals surface area contributed by atoms with Gasteiger partial charge in [-0.1, -0.05) is 29.8 Å². The lowest BCUT2D eigenvalue weighted by Gasteiger charge is -2.16. The van der Waals surface area contributed by atoms with Gasteiger partial charge in [0, 0.05) is 24.7 Å². The summed E-state index contributed by atoms with van der Waals surface area (Å²) < 4.78 is 0. The molecule has 2 N–H and O–H groups in total. The van der Waals surface area contributed by atoms with Crippen LogP contribution in [-0.4, -0.2) is 24.8 Å². The fourth-order valence-electron chi connectivity index (χ4n) is 1.60. The van der Waals surface area contributed by atoms with E-state index in [0.29, 0.717) is 24.4 Å². The Morgan fingerprint density at radius 3 is 2.47 bits per heavy atom. The van der Waals surface area contributed by atoms with Crippen LogP contribution in [0.4, 0.5) is 0 Å². The SMILES string of the molecule is Cc1ccc(C(=O)C=C2NCCNC2=O)cc1. The summed E-state index contributed by atoms with van der Waals surface area (Å²) in [6.07, 6.45) is 1.35. The van der Waals surface area contributed by atoms with Crippen molar-refractivity contribution >= 4 is 11.7 Å². The molecule has 4 nitrogen and oxygen atoms in total. The molecule has 1 heterocycles. The Balaban J connectivity index is 2.17. The number of benzene rings is 1. The number of amides is 1. The van der Waals surface area contributed by atoms with Gasteiger partial charge < -0.3 is 10.6 Å². The predicted octanol–water partition coefficient (Wildman–Crippen LogP) is 0.781. The van der Waals surface area contributed by atoms with E-state index < -0.39 is 0 Å². The Labute approximate surface area is 99.7 Å². The summed E-state index contributed by atoms with van der Waals surface area (Å²) in [6, 6.07) is 7.27. The predicted molar refractivity (Wildman–Crippen MR) is 64.6 cm³/mol. The maximum Gasteiger partial charge on any atom is 0.267 e. The Morgan fingerprint density at radius 1 is 1.18 bits per heavy atom. The number of rotatable bonds is 2. The van der Waals surface area contributed by atoms with Crippen LogP contribution in [0.1, 0.15) is 15.9 Å². The zero-order valence-corrected chi connectivity index (χ0v) is 9.62. The molecule has 0 aliphatic carbocycles. The first kappa shape index (κ1) is 11.4. The van der Waals surface area contributed by atoms with E-state index in [9.17, 15) is 9.59 Å². The van der Waals surface area contributed by atoms with Crippen molar-refractivity contribution in [3.63, 3.8) is 0 Å². The smallest absolute Gasteiger partial charge is 0.267 e. The van der Waals surface area contributed by atoms with Crippen LogP contribution in [0.2, 0.25) is 0 Å². The van der Waals surface area contributed by atoms with Crippen LogP contribution in [0.15, 0.2) is 36.0 Å². The summed E-state index contributed by atoms with van der Waals surface area (Å²) in [5.41, 5.74) is 2.02. The van der Waals surface area contributed by atoms with E-state index in [2.05, 4.69) is 10.6 Å². The molecule has 88 valence electrons. The maximum absolute atomic E-state index is 11.9. The molecule has 2 rings (SSSR count). The van der Waals surface area contributed by atoms with Gasteiger partial charge >= 0.3 is 0 Å². The van der Waals surface area contributed by atoms with E-state index in [4.69, 9.17) is 0 Å². The van der Waals surface area contributed by atoms with E-state index in [0.717, 1.165) is 5.56 Å². The summed E-state index contributed by atoms with van der Waals surface area (Å²) in [5, 5.41) is 5.59. The van der Waals surface area contributed by atoms with Gasteiger partial charge in [-0.2, -0.15) is 0 Å². The highest BCUT2D eigenvalue weighted by Gasteiger charge is 2.15. The minimum Gasteiger partial charge on any atom is -0.379 e. The normalized spacial score (nSPS) is 17.5. The second-order valence-corrected chi connectivity index (χ2v) is 3.97. The van der Waals surface area contributed by atoms with Crippen molar-refractivity contribution in [2.45, 2.75) is 6.92 Å². The van der Waals surface area contributed by atoms with Crippen LogP contribution in [0.3, 0.4) is 0 Å². The molecule has 0 saturated carbocycles. The highest BCUT2D eigenvalue weighted by molar-refractivity contribution is 6.09. The van der Waals surface area contributed by atoms with E-state index >= 15 is 0 Å². The Bertz CT molecular complexity index is 475. The summed E-state index contributed by atoms with van der Waals surface area (Å²) in [4.78, 5) is 23.3. The van der Waals surface area contributed by atoms with Crippen molar-refractivity contribution in [1.29, 1.82) is 0 Å². The Morgan fingerprint density at radius 2 is 1.82 bits per heavy atom. The first-order chi connectivity index (χ1) is 8.16. The highest BCUT2D eigenvalue weighted by Crippen LogP contribution is 2.06. The molecule has 1 aliphatic heterocycles. The third kappa shape index (κ3) is 2.72. The van der Waals surface area contributed by atoms with E-state index in [1.807, 2.05) is 19.1 Å². The van der Waals surface area contributed by atoms with Gasteiger partial charge in [0.2, 0.25) is 0 Å². The molecule has 0 spiro atoms. The fourth-order valence-corrected chi connectivity index (χ4v) is 1.60. The number of ketones is 1. The number of carbonyl (C=O) groups is 2. The lowest BCUT2D eigenvalue weighted by Crippen LogP contribution is -2.43. The van der Waals surface area contributed by atoms with Crippen LogP contribution >= 0.6 is 0 Å². The molecule has 1 aromatic rings. The molecule has 1 saturated heterocycles. The monoisotopic (exact) mass is 230 g/mol. The number of hydrogen-bond acceptors (Lipinski definition) is 3. The Kier molecular flexibility index (Phi) is 3.23. The van der Waals surface area contributed by atoms with Gasteiger partial charge in [0.1, 0.15) is 5.70 Å². The van der Waals surface area contributed by atoms with Crippen molar-refractivity contribution in [3.8, 4) is 0 Å². The van der Waals surface area contributed by atoms with Crippen LogP contribution in [0, 0.1) is 6.92 Å². The van der Waals surface area contributed by atoms with Gasteiger partial charge in [-0.05, 0) is 6.92 Å². The van der Waals surface area contributed by atoms with Crippen molar-refractivity contribution in [2.24, 2.45) is 0 Å². The third-order valence-corrected chi connectivity index (χ3v) is 2.58. The zero-order chi connectivity index (χ0) is 12.3. The molecular weight excluding hydrogens is 216 g/mol. The number of nitrogens with one attached hydrogen (secondary N) is 2. The number of hydrogen-bond donors (Lipinski definition) is 2. The largest absolute Gasteiger partial charge is 0.379 e. The number of aryl methyl sites for hydroxylation is 1. The molecule has 1 aliphatic rings. The molecule has 17 heavy (non-hydrogen) atoms. The highest BCUT2D eigenvalue weighted by atomic mass is 16.2.